The fourth-order valence-electron chi connectivity index (χ4n) is 3.87. The minimum atomic E-state index is -3.87. The molecule has 2 aromatic heterocycles. The molecule has 0 spiro atoms. The zero-order valence-electron chi connectivity index (χ0n) is 17.0. The van der Waals surface area contributed by atoms with Crippen LogP contribution in [0.4, 0.5) is 5.82 Å². The lowest BCUT2D eigenvalue weighted by Gasteiger charge is -2.26. The molecule has 166 valence electrons. The predicted molar refractivity (Wildman–Crippen MR) is 119 cm³/mol. The summed E-state index contributed by atoms with van der Waals surface area (Å²) in [4.78, 5) is 15.5. The average molecular weight is 474 g/mol. The number of imidazole rings is 1. The lowest BCUT2D eigenvalue weighted by atomic mass is 9.85. The summed E-state index contributed by atoms with van der Waals surface area (Å²) >= 11 is 6.18. The fourth-order valence-corrected chi connectivity index (χ4v) is 5.36. The minimum absolute atomic E-state index is 0.0453. The summed E-state index contributed by atoms with van der Waals surface area (Å²) in [5, 5.41) is 22.7. The van der Waals surface area contributed by atoms with Crippen LogP contribution < -0.4 is 0 Å². The summed E-state index contributed by atoms with van der Waals surface area (Å²) in [5.41, 5.74) is -0.940. The molecule has 0 bridgehead atoms. The summed E-state index contributed by atoms with van der Waals surface area (Å²) in [6.07, 6.45) is 5.18. The second-order valence-corrected chi connectivity index (χ2v) is 10.2. The van der Waals surface area contributed by atoms with Crippen LogP contribution in [0.2, 0.25) is 5.02 Å². The third-order valence-corrected chi connectivity index (χ3v) is 7.29. The zero-order chi connectivity index (χ0) is 22.9. The summed E-state index contributed by atoms with van der Waals surface area (Å²) in [5.74, 6) is 4.61. The van der Waals surface area contributed by atoms with Crippen LogP contribution in [0, 0.1) is 22.0 Å². The topological polar surface area (TPSA) is 115 Å². The van der Waals surface area contributed by atoms with E-state index < -0.39 is 31.9 Å². The Labute approximate surface area is 189 Å². The third kappa shape index (κ3) is 4.48. The highest BCUT2D eigenvalue weighted by Crippen LogP contribution is 2.30. The summed E-state index contributed by atoms with van der Waals surface area (Å²) in [6, 6.07) is 9.19. The first-order valence-electron chi connectivity index (χ1n) is 10.1. The minimum Gasteiger partial charge on any atom is -0.378 e. The summed E-state index contributed by atoms with van der Waals surface area (Å²) in [6.45, 7) is 0. The first-order valence-corrected chi connectivity index (χ1v) is 12.1. The van der Waals surface area contributed by atoms with Gasteiger partial charge in [-0.05, 0) is 48.8 Å². The van der Waals surface area contributed by atoms with Crippen LogP contribution in [0.1, 0.15) is 43.4 Å². The van der Waals surface area contributed by atoms with Gasteiger partial charge in [-0.3, -0.25) is 0 Å². The van der Waals surface area contributed by atoms with Crippen LogP contribution in [-0.4, -0.2) is 33.4 Å². The molecule has 1 N–H and O–H groups in total. The number of nitrogens with zero attached hydrogens (tertiary/aromatic N) is 3. The van der Waals surface area contributed by atoms with E-state index in [9.17, 15) is 23.6 Å². The van der Waals surface area contributed by atoms with Gasteiger partial charge in [0.05, 0.1) is 15.5 Å². The number of fused-ring (bicyclic) bond motifs is 1. The maximum absolute atomic E-state index is 12.8. The number of aliphatic hydroxyl groups is 1. The van der Waals surface area contributed by atoms with Gasteiger partial charge in [0.15, 0.2) is 15.5 Å². The molecule has 8 nitrogen and oxygen atoms in total. The van der Waals surface area contributed by atoms with Gasteiger partial charge >= 0.3 is 5.82 Å². The number of nitro groups is 1. The zero-order valence-corrected chi connectivity index (χ0v) is 18.6. The molecule has 1 aromatic carbocycles. The van der Waals surface area contributed by atoms with E-state index in [2.05, 4.69) is 16.8 Å². The number of hydrogen-bond acceptors (Lipinski definition) is 6. The molecule has 0 aliphatic heterocycles. The fraction of sp³-hybridized carbons (Fsp3) is 0.318. The lowest BCUT2D eigenvalue weighted by Crippen LogP contribution is -2.29. The summed E-state index contributed by atoms with van der Waals surface area (Å²) in [7, 11) is -3.87. The quantitative estimate of drug-likeness (QED) is 0.349. The van der Waals surface area contributed by atoms with E-state index in [0.717, 1.165) is 23.7 Å². The number of sulfone groups is 1. The van der Waals surface area contributed by atoms with Gasteiger partial charge in [-0.1, -0.05) is 48.1 Å². The van der Waals surface area contributed by atoms with E-state index in [1.165, 1.54) is 24.4 Å². The van der Waals surface area contributed by atoms with Crippen molar-refractivity contribution in [3.8, 4) is 11.8 Å². The normalized spacial score (nSPS) is 15.8. The van der Waals surface area contributed by atoms with Gasteiger partial charge in [-0.25, -0.2) is 13.4 Å². The van der Waals surface area contributed by atoms with Crippen molar-refractivity contribution in [2.75, 3.05) is 0 Å². The van der Waals surface area contributed by atoms with Crippen molar-refractivity contribution in [1.29, 1.82) is 0 Å². The standard InChI is InChI=1S/C22H20ClN3O5S/c23-17-13-16(9-12-22(27)10-5-2-6-11-22)20-24-19(21(26(28)29)25(20)14-17)15-32(30,31)18-7-3-1-4-8-18/h1,3-4,7-8,13-14,27H,2,5-6,10-11,15H2. The largest absolute Gasteiger partial charge is 0.378 e. The van der Waals surface area contributed by atoms with Crippen molar-refractivity contribution >= 4 is 32.9 Å². The highest BCUT2D eigenvalue weighted by atomic mass is 35.5. The van der Waals surface area contributed by atoms with Crippen molar-refractivity contribution < 1.29 is 18.4 Å². The van der Waals surface area contributed by atoms with E-state index in [0.29, 0.717) is 12.8 Å². The first kappa shape index (κ1) is 22.3. The molecule has 1 aliphatic carbocycles. The number of rotatable bonds is 4. The molecule has 1 aliphatic rings. The van der Waals surface area contributed by atoms with Crippen LogP contribution in [0.5, 0.6) is 0 Å². The molecule has 2 heterocycles. The monoisotopic (exact) mass is 473 g/mol. The van der Waals surface area contributed by atoms with E-state index in [-0.39, 0.29) is 26.8 Å². The Hall–Kier alpha value is -2.93. The van der Waals surface area contributed by atoms with E-state index in [4.69, 9.17) is 11.6 Å². The Kier molecular flexibility index (Phi) is 5.95. The number of halogens is 1. The maximum atomic E-state index is 12.8. The van der Waals surface area contributed by atoms with Gasteiger partial charge in [0, 0.05) is 0 Å². The smallest absolute Gasteiger partial charge is 0.352 e. The average Bonchev–Trinajstić information content (AvgIpc) is 3.10. The van der Waals surface area contributed by atoms with Gasteiger partial charge < -0.3 is 15.2 Å². The molecular weight excluding hydrogens is 454 g/mol. The van der Waals surface area contributed by atoms with Gasteiger partial charge in [-0.15, -0.1) is 0 Å². The van der Waals surface area contributed by atoms with Crippen LogP contribution in [-0.2, 0) is 15.6 Å². The van der Waals surface area contributed by atoms with Crippen molar-refractivity contribution in [2.24, 2.45) is 0 Å². The highest BCUT2D eigenvalue weighted by molar-refractivity contribution is 7.90. The maximum Gasteiger partial charge on any atom is 0.352 e. The summed E-state index contributed by atoms with van der Waals surface area (Å²) < 4.78 is 26.8. The van der Waals surface area contributed by atoms with Crippen molar-refractivity contribution in [3.05, 3.63) is 69.0 Å². The van der Waals surface area contributed by atoms with E-state index >= 15 is 0 Å². The number of hydrogen-bond donors (Lipinski definition) is 1. The Balaban J connectivity index is 1.83. The molecule has 0 radical (unpaired) electrons. The van der Waals surface area contributed by atoms with E-state index in [1.54, 1.807) is 18.2 Å². The number of aromatic nitrogens is 2. The van der Waals surface area contributed by atoms with Crippen LogP contribution >= 0.6 is 11.6 Å². The van der Waals surface area contributed by atoms with Gasteiger partial charge in [0.2, 0.25) is 5.65 Å². The molecule has 0 unspecified atom stereocenters. The van der Waals surface area contributed by atoms with E-state index in [1.807, 2.05) is 0 Å². The molecule has 1 fully saturated rings. The predicted octanol–water partition coefficient (Wildman–Crippen LogP) is 3.92. The Morgan fingerprint density at radius 3 is 2.56 bits per heavy atom. The second-order valence-electron chi connectivity index (χ2n) is 7.82. The first-order chi connectivity index (χ1) is 15.2. The number of pyridine rings is 1. The van der Waals surface area contributed by atoms with Crippen molar-refractivity contribution in [3.63, 3.8) is 0 Å². The highest BCUT2D eigenvalue weighted by Gasteiger charge is 2.30. The van der Waals surface area contributed by atoms with Crippen LogP contribution in [0.15, 0.2) is 47.5 Å². The molecule has 10 heteroatoms. The lowest BCUT2D eigenvalue weighted by molar-refractivity contribution is -0.391. The molecule has 0 saturated heterocycles. The van der Waals surface area contributed by atoms with Crippen molar-refractivity contribution in [2.45, 2.75) is 48.4 Å². The van der Waals surface area contributed by atoms with Crippen molar-refractivity contribution in [1.82, 2.24) is 9.38 Å². The number of benzene rings is 1. The Bertz CT molecular complexity index is 1350. The Morgan fingerprint density at radius 2 is 1.91 bits per heavy atom. The molecular formula is C22H20ClN3O5S. The molecule has 3 aromatic rings. The molecule has 32 heavy (non-hydrogen) atoms. The van der Waals surface area contributed by atoms with Gasteiger partial charge in [0.25, 0.3) is 0 Å². The third-order valence-electron chi connectivity index (χ3n) is 5.44. The molecule has 1 saturated carbocycles. The van der Waals surface area contributed by atoms with Crippen LogP contribution in [0.25, 0.3) is 5.65 Å². The second kappa shape index (κ2) is 8.54. The SMILES string of the molecule is O=[N+]([O-])c1c(CS(=O)(=O)c2ccccc2)nc2c(C#CC3(O)CCCCC3)cc(Cl)cn12. The van der Waals surface area contributed by atoms with Crippen LogP contribution in [0.3, 0.4) is 0 Å². The molecule has 0 atom stereocenters. The Morgan fingerprint density at radius 1 is 1.22 bits per heavy atom. The molecule has 4 rings (SSSR count). The van der Waals surface area contributed by atoms with Gasteiger partial charge in [-0.2, -0.15) is 4.40 Å². The molecule has 0 amide bonds. The van der Waals surface area contributed by atoms with Gasteiger partial charge in [0.1, 0.15) is 17.6 Å².